The molecular weight excluding hydrogens is 286 g/mol. The second kappa shape index (κ2) is 7.14. The van der Waals surface area contributed by atoms with Crippen molar-refractivity contribution in [3.05, 3.63) is 77.4 Å². The van der Waals surface area contributed by atoms with E-state index in [0.29, 0.717) is 0 Å². The van der Waals surface area contributed by atoms with Crippen LogP contribution in [-0.2, 0) is 4.79 Å². The first-order chi connectivity index (χ1) is 11.3. The summed E-state index contributed by atoms with van der Waals surface area (Å²) < 4.78 is 5.22. The van der Waals surface area contributed by atoms with Gasteiger partial charge in [0.15, 0.2) is 0 Å². The molecule has 0 fully saturated rings. The van der Waals surface area contributed by atoms with E-state index < -0.39 is 0 Å². The number of methoxy groups -OCH3 is 1. The van der Waals surface area contributed by atoms with Gasteiger partial charge in [-0.3, -0.25) is 4.79 Å². The molecule has 0 bridgehead atoms. The van der Waals surface area contributed by atoms with E-state index in [2.05, 4.69) is 5.32 Å². The fourth-order valence-electron chi connectivity index (χ4n) is 2.90. The molecule has 1 aliphatic carbocycles. The van der Waals surface area contributed by atoms with Crippen molar-refractivity contribution in [2.45, 2.75) is 25.3 Å². The van der Waals surface area contributed by atoms with Crippen LogP contribution in [0.5, 0.6) is 5.75 Å². The predicted octanol–water partition coefficient (Wildman–Crippen LogP) is 4.01. The number of benzene rings is 2. The van der Waals surface area contributed by atoms with Gasteiger partial charge in [0, 0.05) is 5.57 Å². The number of carbonyl (C=O) groups is 1. The smallest absolute Gasteiger partial charge is 0.247 e. The first-order valence-corrected chi connectivity index (χ1v) is 7.97. The van der Waals surface area contributed by atoms with Crippen molar-refractivity contribution in [3.63, 3.8) is 0 Å². The molecule has 1 atom stereocenters. The molecule has 0 spiro atoms. The Morgan fingerprint density at radius 1 is 1.04 bits per heavy atom. The Bertz CT molecular complexity index is 689. The van der Waals surface area contributed by atoms with Crippen molar-refractivity contribution in [3.8, 4) is 5.75 Å². The summed E-state index contributed by atoms with van der Waals surface area (Å²) in [5, 5.41) is 3.18. The maximum absolute atomic E-state index is 12.5. The number of hydrogen-bond acceptors (Lipinski definition) is 2. The van der Waals surface area contributed by atoms with Gasteiger partial charge in [0.1, 0.15) is 5.75 Å². The number of allylic oxidation sites excluding steroid dienone is 1. The molecule has 1 amide bonds. The average molecular weight is 307 g/mol. The molecule has 2 aromatic rings. The van der Waals surface area contributed by atoms with Crippen LogP contribution < -0.4 is 10.1 Å². The summed E-state index contributed by atoms with van der Waals surface area (Å²) in [6.07, 6.45) is 4.99. The lowest BCUT2D eigenvalue weighted by Crippen LogP contribution is -2.30. The Kier molecular flexibility index (Phi) is 4.77. The summed E-state index contributed by atoms with van der Waals surface area (Å²) in [4.78, 5) is 12.5. The third-order valence-corrected chi connectivity index (χ3v) is 4.19. The highest BCUT2D eigenvalue weighted by Gasteiger charge is 2.20. The molecule has 118 valence electrons. The molecule has 0 heterocycles. The summed E-state index contributed by atoms with van der Waals surface area (Å²) >= 11 is 0. The van der Waals surface area contributed by atoms with Gasteiger partial charge in [-0.2, -0.15) is 0 Å². The zero-order valence-corrected chi connectivity index (χ0v) is 13.3. The van der Waals surface area contributed by atoms with Gasteiger partial charge in [-0.1, -0.05) is 48.5 Å². The van der Waals surface area contributed by atoms with Gasteiger partial charge in [-0.25, -0.2) is 0 Å². The van der Waals surface area contributed by atoms with Crippen LogP contribution in [0.15, 0.2) is 66.2 Å². The normalized spacial score (nSPS) is 14.9. The molecular formula is C20H21NO2. The van der Waals surface area contributed by atoms with Gasteiger partial charge in [0.2, 0.25) is 5.91 Å². The number of hydrogen-bond donors (Lipinski definition) is 1. The third kappa shape index (κ3) is 3.62. The fourth-order valence-corrected chi connectivity index (χ4v) is 2.90. The van der Waals surface area contributed by atoms with E-state index in [4.69, 9.17) is 4.74 Å². The monoisotopic (exact) mass is 307 g/mol. The molecule has 2 aromatic carbocycles. The molecule has 0 saturated carbocycles. The first-order valence-electron chi connectivity index (χ1n) is 7.97. The van der Waals surface area contributed by atoms with Crippen molar-refractivity contribution in [1.29, 1.82) is 0 Å². The van der Waals surface area contributed by atoms with Gasteiger partial charge in [0.05, 0.1) is 13.2 Å². The van der Waals surface area contributed by atoms with Crippen molar-refractivity contribution >= 4 is 5.91 Å². The predicted molar refractivity (Wildman–Crippen MR) is 91.4 cm³/mol. The Balaban J connectivity index is 1.88. The minimum atomic E-state index is -0.156. The van der Waals surface area contributed by atoms with Crippen molar-refractivity contribution in [2.75, 3.05) is 7.11 Å². The highest BCUT2D eigenvalue weighted by atomic mass is 16.5. The molecule has 3 rings (SSSR count). The average Bonchev–Trinajstić information content (AvgIpc) is 3.15. The van der Waals surface area contributed by atoms with E-state index in [9.17, 15) is 4.79 Å². The maximum Gasteiger partial charge on any atom is 0.247 e. The third-order valence-electron chi connectivity index (χ3n) is 4.19. The van der Waals surface area contributed by atoms with Crippen LogP contribution in [0.25, 0.3) is 0 Å². The van der Waals surface area contributed by atoms with E-state index in [0.717, 1.165) is 41.7 Å². The van der Waals surface area contributed by atoms with Crippen molar-refractivity contribution in [1.82, 2.24) is 5.32 Å². The lowest BCUT2D eigenvalue weighted by Gasteiger charge is -2.20. The molecule has 0 unspecified atom stereocenters. The summed E-state index contributed by atoms with van der Waals surface area (Å²) in [6.45, 7) is 0. The zero-order chi connectivity index (χ0) is 16.1. The van der Waals surface area contributed by atoms with Gasteiger partial charge in [-0.05, 0) is 42.5 Å². The van der Waals surface area contributed by atoms with Gasteiger partial charge in [0.25, 0.3) is 0 Å². The Morgan fingerprint density at radius 3 is 2.35 bits per heavy atom. The molecule has 23 heavy (non-hydrogen) atoms. The molecule has 1 N–H and O–H groups in total. The summed E-state index contributed by atoms with van der Waals surface area (Å²) in [6, 6.07) is 17.7. The molecule has 0 aliphatic heterocycles. The number of rotatable bonds is 5. The van der Waals surface area contributed by atoms with Gasteiger partial charge >= 0.3 is 0 Å². The van der Waals surface area contributed by atoms with Gasteiger partial charge in [-0.15, -0.1) is 0 Å². The number of nitrogens with one attached hydrogen (secondary N) is 1. The Morgan fingerprint density at radius 2 is 1.74 bits per heavy atom. The Labute approximate surface area is 137 Å². The van der Waals surface area contributed by atoms with Crippen LogP contribution in [0.2, 0.25) is 0 Å². The van der Waals surface area contributed by atoms with Crippen LogP contribution in [0.4, 0.5) is 0 Å². The number of carbonyl (C=O) groups excluding carboxylic acids is 1. The zero-order valence-electron chi connectivity index (χ0n) is 13.3. The van der Waals surface area contributed by atoms with E-state index in [1.54, 1.807) is 7.11 Å². The van der Waals surface area contributed by atoms with E-state index >= 15 is 0 Å². The second-order valence-electron chi connectivity index (χ2n) is 5.71. The minimum Gasteiger partial charge on any atom is -0.497 e. The lowest BCUT2D eigenvalue weighted by molar-refractivity contribution is -0.118. The van der Waals surface area contributed by atoms with Crippen LogP contribution in [0.3, 0.4) is 0 Å². The standard InChI is InChI=1S/C20H21NO2/c1-23-18-13-11-16(12-14-18)19(15-7-3-2-4-8-15)21-20(22)17-9-5-6-10-17/h2-4,7-9,11-14,19H,5-6,10H2,1H3,(H,21,22)/t19-/m0/s1. The van der Waals surface area contributed by atoms with Crippen LogP contribution in [0, 0.1) is 0 Å². The summed E-state index contributed by atoms with van der Waals surface area (Å²) in [5.74, 6) is 0.845. The van der Waals surface area contributed by atoms with Crippen LogP contribution in [0.1, 0.15) is 36.4 Å². The van der Waals surface area contributed by atoms with Crippen molar-refractivity contribution in [2.24, 2.45) is 0 Å². The molecule has 0 aromatic heterocycles. The quantitative estimate of drug-likeness (QED) is 0.906. The molecule has 0 saturated heterocycles. The highest BCUT2D eigenvalue weighted by molar-refractivity contribution is 5.94. The topological polar surface area (TPSA) is 38.3 Å². The molecule has 3 heteroatoms. The molecule has 3 nitrogen and oxygen atoms in total. The van der Waals surface area contributed by atoms with E-state index in [-0.39, 0.29) is 11.9 Å². The first kappa shape index (κ1) is 15.3. The Hall–Kier alpha value is -2.55. The number of amides is 1. The number of ether oxygens (including phenoxy) is 1. The maximum atomic E-state index is 12.5. The lowest BCUT2D eigenvalue weighted by atomic mass is 9.98. The van der Waals surface area contributed by atoms with E-state index in [1.165, 1.54) is 0 Å². The second-order valence-corrected chi connectivity index (χ2v) is 5.71. The molecule has 1 aliphatic rings. The summed E-state index contributed by atoms with van der Waals surface area (Å²) in [5.41, 5.74) is 3.02. The molecule has 0 radical (unpaired) electrons. The van der Waals surface area contributed by atoms with Crippen LogP contribution in [-0.4, -0.2) is 13.0 Å². The van der Waals surface area contributed by atoms with Gasteiger partial charge < -0.3 is 10.1 Å². The highest BCUT2D eigenvalue weighted by Crippen LogP contribution is 2.26. The van der Waals surface area contributed by atoms with E-state index in [1.807, 2.05) is 60.7 Å². The summed E-state index contributed by atoms with van der Waals surface area (Å²) in [7, 11) is 1.65. The van der Waals surface area contributed by atoms with Crippen molar-refractivity contribution < 1.29 is 9.53 Å². The fraction of sp³-hybridized carbons (Fsp3) is 0.250. The largest absolute Gasteiger partial charge is 0.497 e. The minimum absolute atomic E-state index is 0.0344. The van der Waals surface area contributed by atoms with Crippen LogP contribution >= 0.6 is 0 Å². The SMILES string of the molecule is COc1ccc([C@@H](NC(=O)C2=CCCC2)c2ccccc2)cc1.